The summed E-state index contributed by atoms with van der Waals surface area (Å²) in [7, 11) is -2.08. The van der Waals surface area contributed by atoms with Gasteiger partial charge in [0.05, 0.1) is 41.2 Å². The minimum absolute atomic E-state index is 0.111. The van der Waals surface area contributed by atoms with Crippen LogP contribution in [0.2, 0.25) is 0 Å². The fourth-order valence-corrected chi connectivity index (χ4v) is 6.46. The number of anilines is 1. The monoisotopic (exact) mass is 531 g/mol. The normalized spacial score (nSPS) is 14.8. The third-order valence-corrected chi connectivity index (χ3v) is 9.26. The molecule has 0 N–H and O–H groups in total. The van der Waals surface area contributed by atoms with Gasteiger partial charge in [-0.1, -0.05) is 11.3 Å². The molecular weight excluding hydrogens is 498 g/mol. The summed E-state index contributed by atoms with van der Waals surface area (Å²) in [5.41, 5.74) is 3.18. The highest BCUT2D eigenvalue weighted by Gasteiger charge is 2.24. The lowest BCUT2D eigenvalue weighted by Gasteiger charge is -2.27. The van der Waals surface area contributed by atoms with Gasteiger partial charge in [0.15, 0.2) is 15.0 Å². The number of aromatic nitrogens is 1. The quantitative estimate of drug-likeness (QED) is 0.393. The molecule has 36 heavy (non-hydrogen) atoms. The van der Waals surface area contributed by atoms with Crippen molar-refractivity contribution >= 4 is 42.4 Å². The Labute approximate surface area is 216 Å². The number of fused-ring (bicyclic) bond motifs is 1. The van der Waals surface area contributed by atoms with Gasteiger partial charge in [0, 0.05) is 32.6 Å². The topological polar surface area (TPSA) is 89.0 Å². The van der Waals surface area contributed by atoms with Gasteiger partial charge in [-0.05, 0) is 67.8 Å². The molecule has 8 nitrogen and oxygen atoms in total. The molecule has 194 valence electrons. The summed E-state index contributed by atoms with van der Waals surface area (Å²) in [6, 6.07) is 10.4. The van der Waals surface area contributed by atoms with Crippen LogP contribution in [0, 0.1) is 13.8 Å². The number of benzene rings is 2. The summed E-state index contributed by atoms with van der Waals surface area (Å²) in [4.78, 5) is 22.3. The molecule has 10 heteroatoms. The fraction of sp³-hybridized carbons (Fsp3) is 0.462. The summed E-state index contributed by atoms with van der Waals surface area (Å²) in [5, 5.41) is 0.615. The molecule has 0 spiro atoms. The van der Waals surface area contributed by atoms with Crippen molar-refractivity contribution in [1.29, 1.82) is 0 Å². The van der Waals surface area contributed by atoms with Crippen LogP contribution in [0.1, 0.15) is 24.0 Å². The number of sulfone groups is 1. The zero-order valence-electron chi connectivity index (χ0n) is 21.0. The summed E-state index contributed by atoms with van der Waals surface area (Å²) >= 11 is 1.47. The van der Waals surface area contributed by atoms with Crippen LogP contribution in [-0.4, -0.2) is 76.5 Å². The number of amides is 1. The van der Waals surface area contributed by atoms with Gasteiger partial charge in [-0.25, -0.2) is 13.4 Å². The highest BCUT2D eigenvalue weighted by Crippen LogP contribution is 2.31. The smallest absolute Gasteiger partial charge is 0.229 e. The first-order valence-electron chi connectivity index (χ1n) is 12.1. The molecule has 0 atom stereocenters. The maximum atomic E-state index is 13.4. The molecule has 1 fully saturated rings. The van der Waals surface area contributed by atoms with E-state index in [4.69, 9.17) is 14.5 Å². The van der Waals surface area contributed by atoms with Crippen LogP contribution in [0.15, 0.2) is 41.3 Å². The van der Waals surface area contributed by atoms with Crippen LogP contribution in [0.4, 0.5) is 5.13 Å². The molecule has 0 unspecified atom stereocenters. The second-order valence-corrected chi connectivity index (χ2v) is 12.1. The molecule has 0 aliphatic carbocycles. The third-order valence-electron chi connectivity index (χ3n) is 6.49. The Morgan fingerprint density at radius 2 is 1.83 bits per heavy atom. The molecule has 0 saturated carbocycles. The largest absolute Gasteiger partial charge is 0.497 e. The number of morpholine rings is 1. The number of carbonyl (C=O) groups excluding carboxylic acids is 1. The van der Waals surface area contributed by atoms with E-state index < -0.39 is 9.84 Å². The van der Waals surface area contributed by atoms with Gasteiger partial charge in [-0.15, -0.1) is 0 Å². The van der Waals surface area contributed by atoms with Crippen molar-refractivity contribution in [2.45, 2.75) is 31.6 Å². The average Bonchev–Trinajstić information content (AvgIpc) is 3.28. The maximum Gasteiger partial charge on any atom is 0.229 e. The molecule has 1 aliphatic heterocycles. The lowest BCUT2D eigenvalue weighted by Crippen LogP contribution is -2.39. The van der Waals surface area contributed by atoms with Crippen LogP contribution < -0.4 is 9.64 Å². The number of rotatable bonds is 10. The number of hydrogen-bond donors (Lipinski definition) is 0. The number of ether oxygens (including phenoxy) is 2. The average molecular weight is 532 g/mol. The number of aryl methyl sites for hydroxylation is 2. The Morgan fingerprint density at radius 1 is 1.14 bits per heavy atom. The van der Waals surface area contributed by atoms with Gasteiger partial charge in [0.2, 0.25) is 5.91 Å². The van der Waals surface area contributed by atoms with E-state index in [9.17, 15) is 13.2 Å². The number of nitrogens with zero attached hydrogens (tertiary/aromatic N) is 3. The standard InChI is InChI=1S/C26H33N3O5S2/c1-19-17-23-24(18-20(19)2)35-26(27-23)29(11-4-10-28-12-14-34-15-13-28)25(30)9-16-36(31,32)22-7-5-21(33-3)6-8-22/h5-8,17-18H,4,9-16H2,1-3H3. The first-order chi connectivity index (χ1) is 17.3. The number of hydrogen-bond acceptors (Lipinski definition) is 8. The van der Waals surface area contributed by atoms with E-state index in [2.05, 4.69) is 17.9 Å². The zero-order valence-corrected chi connectivity index (χ0v) is 22.7. The molecule has 2 heterocycles. The highest BCUT2D eigenvalue weighted by atomic mass is 32.2. The molecule has 2 aromatic carbocycles. The Bertz CT molecular complexity index is 1260. The molecule has 1 amide bonds. The Balaban J connectivity index is 1.50. The molecule has 4 rings (SSSR count). The number of methoxy groups -OCH3 is 1. The van der Waals surface area contributed by atoms with E-state index in [-0.39, 0.29) is 23.0 Å². The van der Waals surface area contributed by atoms with Crippen molar-refractivity contribution in [2.24, 2.45) is 0 Å². The van der Waals surface area contributed by atoms with Gasteiger partial charge in [-0.3, -0.25) is 14.6 Å². The van der Waals surface area contributed by atoms with Crippen molar-refractivity contribution < 1.29 is 22.7 Å². The third kappa shape index (κ3) is 6.42. The summed E-state index contributed by atoms with van der Waals surface area (Å²) in [6.07, 6.45) is 0.658. The van der Waals surface area contributed by atoms with Gasteiger partial charge in [0.25, 0.3) is 0 Å². The first kappa shape index (κ1) is 26.5. The van der Waals surface area contributed by atoms with E-state index in [1.807, 2.05) is 13.0 Å². The van der Waals surface area contributed by atoms with Gasteiger partial charge < -0.3 is 9.47 Å². The molecule has 3 aromatic rings. The minimum Gasteiger partial charge on any atom is -0.497 e. The lowest BCUT2D eigenvalue weighted by atomic mass is 10.1. The van der Waals surface area contributed by atoms with Crippen molar-refractivity contribution in [3.05, 3.63) is 47.5 Å². The predicted molar refractivity (Wildman–Crippen MR) is 143 cm³/mol. The fourth-order valence-electron chi connectivity index (χ4n) is 4.15. The van der Waals surface area contributed by atoms with Crippen LogP contribution in [0.5, 0.6) is 5.75 Å². The summed E-state index contributed by atoms with van der Waals surface area (Å²) < 4.78 is 37.3. The van der Waals surface area contributed by atoms with Crippen molar-refractivity contribution in [3.8, 4) is 5.75 Å². The van der Waals surface area contributed by atoms with E-state index in [1.165, 1.54) is 36.1 Å². The van der Waals surface area contributed by atoms with E-state index in [1.54, 1.807) is 17.0 Å². The molecule has 0 bridgehead atoms. The van der Waals surface area contributed by atoms with Crippen LogP contribution >= 0.6 is 11.3 Å². The highest BCUT2D eigenvalue weighted by molar-refractivity contribution is 7.91. The summed E-state index contributed by atoms with van der Waals surface area (Å²) in [6.45, 7) is 8.65. The second kappa shape index (κ2) is 11.7. The number of carbonyl (C=O) groups is 1. The van der Waals surface area contributed by atoms with Crippen LogP contribution in [0.3, 0.4) is 0 Å². The van der Waals surface area contributed by atoms with E-state index in [0.29, 0.717) is 17.4 Å². The zero-order chi connectivity index (χ0) is 25.7. The minimum atomic E-state index is -3.61. The maximum absolute atomic E-state index is 13.4. The van der Waals surface area contributed by atoms with Gasteiger partial charge in [-0.2, -0.15) is 0 Å². The van der Waals surface area contributed by atoms with Crippen LogP contribution in [-0.2, 0) is 19.4 Å². The Morgan fingerprint density at radius 3 is 2.53 bits per heavy atom. The molecular formula is C26H33N3O5S2. The molecule has 1 saturated heterocycles. The van der Waals surface area contributed by atoms with Crippen LogP contribution in [0.25, 0.3) is 10.2 Å². The van der Waals surface area contributed by atoms with E-state index >= 15 is 0 Å². The van der Waals surface area contributed by atoms with Gasteiger partial charge >= 0.3 is 0 Å². The molecule has 1 aromatic heterocycles. The van der Waals surface area contributed by atoms with Gasteiger partial charge in [0.1, 0.15) is 5.75 Å². The molecule has 0 radical (unpaired) electrons. The Kier molecular flexibility index (Phi) is 8.61. The van der Waals surface area contributed by atoms with Crippen molar-refractivity contribution in [1.82, 2.24) is 9.88 Å². The first-order valence-corrected chi connectivity index (χ1v) is 14.6. The SMILES string of the molecule is COc1ccc(S(=O)(=O)CCC(=O)N(CCCN2CCOCC2)c2nc3cc(C)c(C)cc3s2)cc1. The second-order valence-electron chi connectivity index (χ2n) is 9.00. The van der Waals surface area contributed by atoms with E-state index in [0.717, 1.165) is 55.0 Å². The summed E-state index contributed by atoms with van der Waals surface area (Å²) in [5.74, 6) is 0.0840. The number of thiazole rings is 1. The molecule has 1 aliphatic rings. The van der Waals surface area contributed by atoms with Crippen molar-refractivity contribution in [2.75, 3.05) is 57.2 Å². The Hall–Kier alpha value is -2.53. The lowest BCUT2D eigenvalue weighted by molar-refractivity contribution is -0.118. The van der Waals surface area contributed by atoms with Crippen molar-refractivity contribution in [3.63, 3.8) is 0 Å². The predicted octanol–water partition coefficient (Wildman–Crippen LogP) is 3.84.